The highest BCUT2D eigenvalue weighted by atomic mass is 35.5. The molecule has 2 nitrogen and oxygen atoms in total. The van der Waals surface area contributed by atoms with Crippen molar-refractivity contribution in [2.75, 3.05) is 6.54 Å². The molecular weight excluding hydrogens is 282 g/mol. The second-order valence-electron chi connectivity index (χ2n) is 6.79. The summed E-state index contributed by atoms with van der Waals surface area (Å²) in [5, 5.41) is 4.17. The van der Waals surface area contributed by atoms with Crippen molar-refractivity contribution in [3.8, 4) is 5.75 Å². The lowest BCUT2D eigenvalue weighted by Gasteiger charge is -2.27. The Balaban J connectivity index is 1.87. The molecule has 1 aromatic carbocycles. The van der Waals surface area contributed by atoms with Gasteiger partial charge in [-0.05, 0) is 61.8 Å². The zero-order chi connectivity index (χ0) is 15.2. The number of ether oxygens (including phenoxy) is 1. The summed E-state index contributed by atoms with van der Waals surface area (Å²) in [5.41, 5.74) is 1.21. The maximum absolute atomic E-state index is 6.37. The van der Waals surface area contributed by atoms with Crippen LogP contribution in [-0.4, -0.2) is 12.6 Å². The van der Waals surface area contributed by atoms with Crippen LogP contribution in [0.25, 0.3) is 0 Å². The van der Waals surface area contributed by atoms with E-state index in [1.807, 2.05) is 12.1 Å². The summed E-state index contributed by atoms with van der Waals surface area (Å²) in [6, 6.07) is 6.16. The zero-order valence-electron chi connectivity index (χ0n) is 13.5. The molecule has 21 heavy (non-hydrogen) atoms. The zero-order valence-corrected chi connectivity index (χ0v) is 14.2. The maximum atomic E-state index is 6.37. The van der Waals surface area contributed by atoms with E-state index in [1.54, 1.807) is 0 Å². The molecule has 0 saturated heterocycles. The molecule has 0 spiro atoms. The third kappa shape index (κ3) is 5.52. The van der Waals surface area contributed by atoms with Crippen molar-refractivity contribution in [1.82, 2.24) is 5.32 Å². The van der Waals surface area contributed by atoms with Crippen LogP contribution in [-0.2, 0) is 6.54 Å². The van der Waals surface area contributed by atoms with E-state index in [9.17, 15) is 0 Å². The first-order chi connectivity index (χ1) is 10.0. The quantitative estimate of drug-likeness (QED) is 0.794. The van der Waals surface area contributed by atoms with E-state index < -0.39 is 0 Å². The van der Waals surface area contributed by atoms with Crippen molar-refractivity contribution in [1.29, 1.82) is 0 Å². The molecule has 3 heteroatoms. The van der Waals surface area contributed by atoms with Gasteiger partial charge in [0.2, 0.25) is 0 Å². The lowest BCUT2D eigenvalue weighted by atomic mass is 9.89. The van der Waals surface area contributed by atoms with Gasteiger partial charge < -0.3 is 10.1 Å². The van der Waals surface area contributed by atoms with Gasteiger partial charge in [0.25, 0.3) is 0 Å². The standard InChI is InChI=1S/C18H28ClNO/c1-13(2)11-20-12-15-6-9-18(17(19)10-15)21-16-7-4-14(3)5-8-16/h6,9-10,13-14,16,20H,4-5,7-8,11-12H2,1-3H3. The minimum Gasteiger partial charge on any atom is -0.489 e. The first kappa shape index (κ1) is 16.6. The number of nitrogens with one attached hydrogen (secondary N) is 1. The molecular formula is C18H28ClNO. The topological polar surface area (TPSA) is 21.3 Å². The van der Waals surface area contributed by atoms with E-state index in [4.69, 9.17) is 16.3 Å². The Morgan fingerprint density at radius 2 is 1.95 bits per heavy atom. The van der Waals surface area contributed by atoms with E-state index in [1.165, 1.54) is 18.4 Å². The van der Waals surface area contributed by atoms with E-state index in [0.717, 1.165) is 42.6 Å². The van der Waals surface area contributed by atoms with E-state index in [0.29, 0.717) is 12.0 Å². The second kappa shape index (κ2) is 8.05. The van der Waals surface area contributed by atoms with Gasteiger partial charge in [-0.1, -0.05) is 38.4 Å². The van der Waals surface area contributed by atoms with E-state index >= 15 is 0 Å². The summed E-state index contributed by atoms with van der Waals surface area (Å²) in [6.45, 7) is 8.63. The van der Waals surface area contributed by atoms with Crippen LogP contribution in [0.3, 0.4) is 0 Å². The number of benzene rings is 1. The summed E-state index contributed by atoms with van der Waals surface area (Å²) in [4.78, 5) is 0. The van der Waals surface area contributed by atoms with Gasteiger partial charge in [-0.25, -0.2) is 0 Å². The second-order valence-corrected chi connectivity index (χ2v) is 7.20. The molecule has 1 fully saturated rings. The van der Waals surface area contributed by atoms with Crippen molar-refractivity contribution in [3.05, 3.63) is 28.8 Å². The van der Waals surface area contributed by atoms with Crippen LogP contribution < -0.4 is 10.1 Å². The van der Waals surface area contributed by atoms with Gasteiger partial charge in [0, 0.05) is 6.54 Å². The number of hydrogen-bond donors (Lipinski definition) is 1. The smallest absolute Gasteiger partial charge is 0.138 e. The fraction of sp³-hybridized carbons (Fsp3) is 0.667. The maximum Gasteiger partial charge on any atom is 0.138 e. The lowest BCUT2D eigenvalue weighted by Crippen LogP contribution is -2.23. The lowest BCUT2D eigenvalue weighted by molar-refractivity contribution is 0.135. The molecule has 0 heterocycles. The Labute approximate surface area is 134 Å². The summed E-state index contributed by atoms with van der Waals surface area (Å²) >= 11 is 6.37. The van der Waals surface area contributed by atoms with Gasteiger partial charge in [-0.2, -0.15) is 0 Å². The van der Waals surface area contributed by atoms with Gasteiger partial charge in [0.15, 0.2) is 0 Å². The largest absolute Gasteiger partial charge is 0.489 e. The number of hydrogen-bond acceptors (Lipinski definition) is 2. The summed E-state index contributed by atoms with van der Waals surface area (Å²) in [6.07, 6.45) is 5.16. The van der Waals surface area contributed by atoms with Crippen LogP contribution in [0, 0.1) is 11.8 Å². The average Bonchev–Trinajstić information content (AvgIpc) is 2.44. The van der Waals surface area contributed by atoms with Crippen LogP contribution in [0.2, 0.25) is 5.02 Å². The van der Waals surface area contributed by atoms with Gasteiger partial charge in [0.05, 0.1) is 11.1 Å². The Bertz CT molecular complexity index is 439. The Hall–Kier alpha value is -0.730. The molecule has 118 valence electrons. The minimum absolute atomic E-state index is 0.337. The predicted octanol–water partition coefficient (Wildman–Crippen LogP) is 5.04. The number of halogens is 1. The number of rotatable bonds is 6. The first-order valence-corrected chi connectivity index (χ1v) is 8.58. The molecule has 1 N–H and O–H groups in total. The van der Waals surface area contributed by atoms with Gasteiger partial charge in [-0.15, -0.1) is 0 Å². The van der Waals surface area contributed by atoms with Gasteiger partial charge >= 0.3 is 0 Å². The highest BCUT2D eigenvalue weighted by molar-refractivity contribution is 6.32. The molecule has 0 aliphatic heterocycles. The van der Waals surface area contributed by atoms with Crippen LogP contribution in [0.15, 0.2) is 18.2 Å². The van der Waals surface area contributed by atoms with Crippen molar-refractivity contribution in [2.24, 2.45) is 11.8 Å². The minimum atomic E-state index is 0.337. The Kier molecular flexibility index (Phi) is 6.38. The van der Waals surface area contributed by atoms with Crippen molar-refractivity contribution < 1.29 is 4.74 Å². The molecule has 1 aromatic rings. The molecule has 0 bridgehead atoms. The van der Waals surface area contributed by atoms with Crippen molar-refractivity contribution >= 4 is 11.6 Å². The Morgan fingerprint density at radius 1 is 1.24 bits per heavy atom. The molecule has 2 rings (SSSR count). The first-order valence-electron chi connectivity index (χ1n) is 8.20. The highest BCUT2D eigenvalue weighted by Crippen LogP contribution is 2.31. The summed E-state index contributed by atoms with van der Waals surface area (Å²) in [5.74, 6) is 2.34. The molecule has 1 saturated carbocycles. The fourth-order valence-electron chi connectivity index (χ4n) is 2.78. The third-order valence-electron chi connectivity index (χ3n) is 4.13. The van der Waals surface area contributed by atoms with Crippen LogP contribution in [0.5, 0.6) is 5.75 Å². The van der Waals surface area contributed by atoms with E-state index in [2.05, 4.69) is 32.2 Å². The summed E-state index contributed by atoms with van der Waals surface area (Å²) in [7, 11) is 0. The molecule has 1 aliphatic carbocycles. The normalized spacial score (nSPS) is 22.5. The average molecular weight is 310 g/mol. The third-order valence-corrected chi connectivity index (χ3v) is 4.43. The van der Waals surface area contributed by atoms with Crippen molar-refractivity contribution in [2.45, 2.75) is 59.1 Å². The van der Waals surface area contributed by atoms with Crippen molar-refractivity contribution in [3.63, 3.8) is 0 Å². The van der Waals surface area contributed by atoms with Gasteiger partial charge in [0.1, 0.15) is 5.75 Å². The molecule has 0 atom stereocenters. The summed E-state index contributed by atoms with van der Waals surface area (Å²) < 4.78 is 6.08. The Morgan fingerprint density at radius 3 is 2.57 bits per heavy atom. The molecule has 0 unspecified atom stereocenters. The predicted molar refractivity (Wildman–Crippen MR) is 90.0 cm³/mol. The molecule has 0 amide bonds. The molecule has 1 aliphatic rings. The van der Waals surface area contributed by atoms with Gasteiger partial charge in [-0.3, -0.25) is 0 Å². The van der Waals surface area contributed by atoms with Crippen LogP contribution in [0.4, 0.5) is 0 Å². The molecule has 0 aromatic heterocycles. The van der Waals surface area contributed by atoms with E-state index in [-0.39, 0.29) is 0 Å². The molecule has 0 radical (unpaired) electrons. The van der Waals surface area contributed by atoms with Crippen LogP contribution >= 0.6 is 11.6 Å². The SMILES string of the molecule is CC(C)CNCc1ccc(OC2CCC(C)CC2)c(Cl)c1. The fourth-order valence-corrected chi connectivity index (χ4v) is 3.03. The monoisotopic (exact) mass is 309 g/mol. The van der Waals surface area contributed by atoms with Crippen LogP contribution in [0.1, 0.15) is 52.0 Å². The highest BCUT2D eigenvalue weighted by Gasteiger charge is 2.20.